The Morgan fingerprint density at radius 3 is 2.65 bits per heavy atom. The molecule has 1 aromatic heterocycles. The lowest BCUT2D eigenvalue weighted by Crippen LogP contribution is -2.31. The second-order valence-electron chi connectivity index (χ2n) is 5.68. The summed E-state index contributed by atoms with van der Waals surface area (Å²) in [6.45, 7) is 3.27. The van der Waals surface area contributed by atoms with E-state index in [0.717, 1.165) is 17.7 Å². The van der Waals surface area contributed by atoms with E-state index in [1.807, 2.05) is 24.0 Å². The molecule has 1 atom stereocenters. The molecule has 0 spiro atoms. The number of benzene rings is 1. The van der Waals surface area contributed by atoms with Gasteiger partial charge in [-0.2, -0.15) is 0 Å². The molecular formula is C18H20N2O3. The number of ether oxygens (including phenoxy) is 2. The summed E-state index contributed by atoms with van der Waals surface area (Å²) in [5, 5.41) is 0. The number of rotatable bonds is 4. The first-order valence-electron chi connectivity index (χ1n) is 7.68. The molecule has 0 N–H and O–H groups in total. The smallest absolute Gasteiger partial charge is 0.253 e. The Morgan fingerprint density at radius 1 is 1.22 bits per heavy atom. The van der Waals surface area contributed by atoms with Crippen LogP contribution in [-0.4, -0.2) is 42.1 Å². The Labute approximate surface area is 135 Å². The largest absolute Gasteiger partial charge is 0.497 e. The van der Waals surface area contributed by atoms with Gasteiger partial charge in [0.15, 0.2) is 0 Å². The minimum Gasteiger partial charge on any atom is -0.497 e. The zero-order valence-electron chi connectivity index (χ0n) is 13.4. The van der Waals surface area contributed by atoms with Gasteiger partial charge in [-0.1, -0.05) is 6.07 Å². The fraction of sp³-hybridized carbons (Fsp3) is 0.333. The highest BCUT2D eigenvalue weighted by Gasteiger charge is 2.28. The molecule has 1 aromatic carbocycles. The summed E-state index contributed by atoms with van der Waals surface area (Å²) in [5.74, 6) is 1.38. The monoisotopic (exact) mass is 312 g/mol. The van der Waals surface area contributed by atoms with Crippen molar-refractivity contribution in [1.29, 1.82) is 0 Å². The highest BCUT2D eigenvalue weighted by molar-refractivity contribution is 5.94. The van der Waals surface area contributed by atoms with Crippen LogP contribution in [0.4, 0.5) is 0 Å². The summed E-state index contributed by atoms with van der Waals surface area (Å²) < 4.78 is 11.0. The first-order valence-corrected chi connectivity index (χ1v) is 7.68. The molecule has 2 aromatic rings. The predicted octanol–water partition coefficient (Wildman–Crippen LogP) is 2.69. The molecule has 0 bridgehead atoms. The summed E-state index contributed by atoms with van der Waals surface area (Å²) in [6.07, 6.45) is 2.59. The highest BCUT2D eigenvalue weighted by atomic mass is 16.5. The maximum absolute atomic E-state index is 12.5. The fourth-order valence-corrected chi connectivity index (χ4v) is 2.62. The molecule has 1 amide bonds. The number of likely N-dealkylation sites (tertiary alicyclic amines) is 1. The quantitative estimate of drug-likeness (QED) is 0.871. The first kappa shape index (κ1) is 15.3. The molecule has 0 radical (unpaired) electrons. The topological polar surface area (TPSA) is 51.7 Å². The minimum atomic E-state index is -0.00703. The van der Waals surface area contributed by atoms with Gasteiger partial charge >= 0.3 is 0 Å². The van der Waals surface area contributed by atoms with Gasteiger partial charge in [0, 0.05) is 30.8 Å². The maximum Gasteiger partial charge on any atom is 0.253 e. The SMILES string of the molecule is COc1ccc(C(=O)N2CCC(Oc3ccc(C)cn3)C2)cc1. The third kappa shape index (κ3) is 3.62. The lowest BCUT2D eigenvalue weighted by atomic mass is 10.2. The van der Waals surface area contributed by atoms with Crippen molar-refractivity contribution in [3.8, 4) is 11.6 Å². The van der Waals surface area contributed by atoms with Gasteiger partial charge in [-0.25, -0.2) is 4.98 Å². The van der Waals surface area contributed by atoms with Crippen molar-refractivity contribution in [2.75, 3.05) is 20.2 Å². The molecule has 23 heavy (non-hydrogen) atoms. The standard InChI is InChI=1S/C18H20N2O3/c1-13-3-8-17(19-11-13)23-16-9-10-20(12-16)18(21)14-4-6-15(22-2)7-5-14/h3-8,11,16H,9-10,12H2,1-2H3. The Balaban J connectivity index is 1.60. The second kappa shape index (κ2) is 6.69. The number of carbonyl (C=O) groups is 1. The Hall–Kier alpha value is -2.56. The Bertz CT molecular complexity index is 668. The number of aromatic nitrogens is 1. The third-order valence-corrected chi connectivity index (χ3v) is 3.94. The summed E-state index contributed by atoms with van der Waals surface area (Å²) in [5.41, 5.74) is 1.76. The molecule has 1 unspecified atom stereocenters. The van der Waals surface area contributed by atoms with Crippen molar-refractivity contribution in [3.63, 3.8) is 0 Å². The summed E-state index contributed by atoms with van der Waals surface area (Å²) in [6, 6.07) is 11.0. The average Bonchev–Trinajstić information content (AvgIpc) is 3.05. The van der Waals surface area contributed by atoms with Crippen molar-refractivity contribution < 1.29 is 14.3 Å². The van der Waals surface area contributed by atoms with E-state index in [-0.39, 0.29) is 12.0 Å². The number of hydrogen-bond donors (Lipinski definition) is 0. The molecular weight excluding hydrogens is 292 g/mol. The molecule has 1 aliphatic heterocycles. The minimum absolute atomic E-state index is 0.00703. The molecule has 0 saturated carbocycles. The molecule has 5 nitrogen and oxygen atoms in total. The van der Waals surface area contributed by atoms with Gasteiger partial charge < -0.3 is 14.4 Å². The number of nitrogens with zero attached hydrogens (tertiary/aromatic N) is 2. The van der Waals surface area contributed by atoms with E-state index >= 15 is 0 Å². The summed E-state index contributed by atoms with van der Waals surface area (Å²) in [4.78, 5) is 18.6. The van der Waals surface area contributed by atoms with E-state index < -0.39 is 0 Å². The van der Waals surface area contributed by atoms with E-state index in [0.29, 0.717) is 24.5 Å². The van der Waals surface area contributed by atoms with Crippen LogP contribution in [0.15, 0.2) is 42.6 Å². The van der Waals surface area contributed by atoms with Crippen LogP contribution in [0, 0.1) is 6.92 Å². The molecule has 3 rings (SSSR count). The number of aryl methyl sites for hydroxylation is 1. The van der Waals surface area contributed by atoms with Crippen LogP contribution < -0.4 is 9.47 Å². The average molecular weight is 312 g/mol. The number of carbonyl (C=O) groups excluding carboxylic acids is 1. The number of pyridine rings is 1. The number of amides is 1. The van der Waals surface area contributed by atoms with Crippen molar-refractivity contribution in [2.45, 2.75) is 19.4 Å². The number of hydrogen-bond acceptors (Lipinski definition) is 4. The second-order valence-corrected chi connectivity index (χ2v) is 5.68. The van der Waals surface area contributed by atoms with E-state index in [4.69, 9.17) is 9.47 Å². The maximum atomic E-state index is 12.5. The Kier molecular flexibility index (Phi) is 4.46. The molecule has 120 valence electrons. The summed E-state index contributed by atoms with van der Waals surface area (Å²) >= 11 is 0. The lowest BCUT2D eigenvalue weighted by Gasteiger charge is -2.17. The molecule has 1 aliphatic rings. The van der Waals surface area contributed by atoms with E-state index in [1.165, 1.54) is 0 Å². The van der Waals surface area contributed by atoms with Crippen LogP contribution in [0.2, 0.25) is 0 Å². The highest BCUT2D eigenvalue weighted by Crippen LogP contribution is 2.20. The van der Waals surface area contributed by atoms with Crippen LogP contribution in [0.5, 0.6) is 11.6 Å². The van der Waals surface area contributed by atoms with Crippen molar-refractivity contribution in [1.82, 2.24) is 9.88 Å². The van der Waals surface area contributed by atoms with Crippen LogP contribution in [0.3, 0.4) is 0 Å². The first-order chi connectivity index (χ1) is 11.2. The van der Waals surface area contributed by atoms with Crippen LogP contribution in [0.1, 0.15) is 22.3 Å². The zero-order chi connectivity index (χ0) is 16.2. The summed E-state index contributed by atoms with van der Waals surface area (Å²) in [7, 11) is 1.61. The van der Waals surface area contributed by atoms with Crippen LogP contribution in [0.25, 0.3) is 0 Å². The molecule has 1 saturated heterocycles. The van der Waals surface area contributed by atoms with E-state index in [1.54, 1.807) is 37.6 Å². The lowest BCUT2D eigenvalue weighted by molar-refractivity contribution is 0.0771. The van der Waals surface area contributed by atoms with Gasteiger partial charge in [-0.3, -0.25) is 4.79 Å². The molecule has 2 heterocycles. The predicted molar refractivity (Wildman–Crippen MR) is 86.9 cm³/mol. The number of methoxy groups -OCH3 is 1. The molecule has 1 fully saturated rings. The van der Waals surface area contributed by atoms with Gasteiger partial charge in [-0.05, 0) is 36.8 Å². The van der Waals surface area contributed by atoms with Gasteiger partial charge in [0.25, 0.3) is 5.91 Å². The van der Waals surface area contributed by atoms with Gasteiger partial charge in [0.2, 0.25) is 5.88 Å². The third-order valence-electron chi connectivity index (χ3n) is 3.94. The zero-order valence-corrected chi connectivity index (χ0v) is 13.4. The van der Waals surface area contributed by atoms with E-state index in [2.05, 4.69) is 4.98 Å². The van der Waals surface area contributed by atoms with Crippen molar-refractivity contribution in [2.24, 2.45) is 0 Å². The van der Waals surface area contributed by atoms with E-state index in [9.17, 15) is 4.79 Å². The molecule has 0 aliphatic carbocycles. The van der Waals surface area contributed by atoms with Crippen LogP contribution in [-0.2, 0) is 0 Å². The van der Waals surface area contributed by atoms with Gasteiger partial charge in [0.1, 0.15) is 11.9 Å². The van der Waals surface area contributed by atoms with Gasteiger partial charge in [0.05, 0.1) is 13.7 Å². The molecule has 5 heteroatoms. The Morgan fingerprint density at radius 2 is 2.00 bits per heavy atom. The van der Waals surface area contributed by atoms with Crippen molar-refractivity contribution >= 4 is 5.91 Å². The fourth-order valence-electron chi connectivity index (χ4n) is 2.62. The van der Waals surface area contributed by atoms with Crippen molar-refractivity contribution in [3.05, 3.63) is 53.7 Å². The van der Waals surface area contributed by atoms with Crippen LogP contribution >= 0.6 is 0 Å². The van der Waals surface area contributed by atoms with Gasteiger partial charge in [-0.15, -0.1) is 0 Å². The normalized spacial score (nSPS) is 17.1.